The van der Waals surface area contributed by atoms with Gasteiger partial charge < -0.3 is 14.8 Å². The number of carbonyl (C=O) groups excluding carboxylic acids is 1. The predicted octanol–water partition coefficient (Wildman–Crippen LogP) is 3.27. The molecule has 0 aliphatic carbocycles. The SMILES string of the molecule is CC(C)(C)OC(=O)N1CC(C#N)(c2ccc(C=NO)cc2Br)C1. The second-order valence-corrected chi connectivity index (χ2v) is 7.37. The summed E-state index contributed by atoms with van der Waals surface area (Å²) in [6.45, 7) is 5.98. The fourth-order valence-electron chi connectivity index (χ4n) is 2.43. The van der Waals surface area contributed by atoms with Crippen molar-refractivity contribution < 1.29 is 14.7 Å². The Morgan fingerprint density at radius 2 is 2.17 bits per heavy atom. The van der Waals surface area contributed by atoms with E-state index in [2.05, 4.69) is 27.2 Å². The smallest absolute Gasteiger partial charge is 0.410 e. The number of nitriles is 1. The molecular formula is C16H18BrN3O3. The van der Waals surface area contributed by atoms with Gasteiger partial charge in [0.2, 0.25) is 0 Å². The van der Waals surface area contributed by atoms with E-state index in [1.807, 2.05) is 0 Å². The topological polar surface area (TPSA) is 85.9 Å². The number of likely N-dealkylation sites (tertiary alicyclic amines) is 1. The highest BCUT2D eigenvalue weighted by Gasteiger charge is 2.49. The predicted molar refractivity (Wildman–Crippen MR) is 88.6 cm³/mol. The monoisotopic (exact) mass is 379 g/mol. The molecule has 1 aliphatic heterocycles. The minimum absolute atomic E-state index is 0.282. The van der Waals surface area contributed by atoms with Crippen LogP contribution in [0.3, 0.4) is 0 Å². The van der Waals surface area contributed by atoms with Gasteiger partial charge in [-0.05, 0) is 38.0 Å². The van der Waals surface area contributed by atoms with E-state index in [0.29, 0.717) is 5.56 Å². The molecule has 0 bridgehead atoms. The second kappa shape index (κ2) is 6.20. The summed E-state index contributed by atoms with van der Waals surface area (Å²) in [6.07, 6.45) is 0.894. The maximum atomic E-state index is 12.0. The number of hydrogen-bond acceptors (Lipinski definition) is 5. The first-order valence-electron chi connectivity index (χ1n) is 7.07. The van der Waals surface area contributed by atoms with Gasteiger partial charge in [-0.25, -0.2) is 4.79 Å². The summed E-state index contributed by atoms with van der Waals surface area (Å²) < 4.78 is 6.05. The number of carbonyl (C=O) groups is 1. The number of halogens is 1. The molecule has 1 heterocycles. The molecule has 7 heteroatoms. The van der Waals surface area contributed by atoms with Crippen molar-refractivity contribution in [3.05, 3.63) is 33.8 Å². The molecule has 0 saturated carbocycles. The van der Waals surface area contributed by atoms with Crippen molar-refractivity contribution in [3.8, 4) is 6.07 Å². The Bertz CT molecular complexity index is 683. The normalized spacial score (nSPS) is 16.7. The average molecular weight is 380 g/mol. The van der Waals surface area contributed by atoms with Crippen LogP contribution in [-0.4, -0.2) is 41.1 Å². The van der Waals surface area contributed by atoms with Crippen molar-refractivity contribution in [2.24, 2.45) is 5.16 Å². The van der Waals surface area contributed by atoms with E-state index < -0.39 is 17.1 Å². The molecule has 1 amide bonds. The Morgan fingerprint density at radius 3 is 2.65 bits per heavy atom. The first-order chi connectivity index (χ1) is 10.7. The zero-order valence-corrected chi connectivity index (χ0v) is 14.8. The molecule has 1 fully saturated rings. The van der Waals surface area contributed by atoms with Crippen LogP contribution in [0.25, 0.3) is 0 Å². The molecule has 122 valence electrons. The molecule has 0 aromatic heterocycles. The fraction of sp³-hybridized carbons (Fsp3) is 0.438. The third-order valence-corrected chi connectivity index (χ3v) is 4.16. The summed E-state index contributed by atoms with van der Waals surface area (Å²) >= 11 is 3.45. The highest BCUT2D eigenvalue weighted by atomic mass is 79.9. The molecule has 23 heavy (non-hydrogen) atoms. The largest absolute Gasteiger partial charge is 0.444 e. The quantitative estimate of drug-likeness (QED) is 0.485. The van der Waals surface area contributed by atoms with Crippen LogP contribution < -0.4 is 0 Å². The van der Waals surface area contributed by atoms with Crippen molar-refractivity contribution in [2.45, 2.75) is 31.8 Å². The minimum atomic E-state index is -0.759. The Balaban J connectivity index is 2.17. The van der Waals surface area contributed by atoms with Gasteiger partial charge in [0.25, 0.3) is 0 Å². The van der Waals surface area contributed by atoms with E-state index >= 15 is 0 Å². The molecule has 2 rings (SSSR count). The summed E-state index contributed by atoms with van der Waals surface area (Å²) in [6, 6.07) is 7.64. The Kier molecular flexibility index (Phi) is 4.66. The van der Waals surface area contributed by atoms with Gasteiger partial charge in [-0.2, -0.15) is 5.26 Å². The van der Waals surface area contributed by atoms with Crippen LogP contribution in [0, 0.1) is 11.3 Å². The van der Waals surface area contributed by atoms with E-state index in [0.717, 1.165) is 10.0 Å². The molecule has 1 aromatic carbocycles. The van der Waals surface area contributed by atoms with E-state index in [-0.39, 0.29) is 13.1 Å². The summed E-state index contributed by atoms with van der Waals surface area (Å²) in [4.78, 5) is 13.6. The highest BCUT2D eigenvalue weighted by Crippen LogP contribution is 2.39. The number of benzene rings is 1. The van der Waals surface area contributed by atoms with E-state index in [4.69, 9.17) is 9.94 Å². The van der Waals surface area contributed by atoms with Crippen molar-refractivity contribution >= 4 is 28.2 Å². The molecule has 1 aromatic rings. The zero-order valence-electron chi connectivity index (χ0n) is 13.2. The van der Waals surface area contributed by atoms with Gasteiger partial charge in [-0.1, -0.05) is 33.2 Å². The van der Waals surface area contributed by atoms with E-state index in [1.165, 1.54) is 11.1 Å². The van der Waals surface area contributed by atoms with Gasteiger partial charge in [-0.15, -0.1) is 0 Å². The lowest BCUT2D eigenvalue weighted by atomic mass is 9.75. The molecule has 0 radical (unpaired) electrons. The molecule has 1 N–H and O–H groups in total. The van der Waals surface area contributed by atoms with Crippen LogP contribution in [0.4, 0.5) is 4.79 Å². The Morgan fingerprint density at radius 1 is 1.52 bits per heavy atom. The number of amides is 1. The Hall–Kier alpha value is -2.07. The summed E-state index contributed by atoms with van der Waals surface area (Å²) in [5.74, 6) is 0. The van der Waals surface area contributed by atoms with Crippen LogP contribution in [-0.2, 0) is 10.2 Å². The van der Waals surface area contributed by atoms with Crippen molar-refractivity contribution in [3.63, 3.8) is 0 Å². The van der Waals surface area contributed by atoms with Crippen LogP contribution in [0.2, 0.25) is 0 Å². The number of oxime groups is 1. The van der Waals surface area contributed by atoms with Crippen molar-refractivity contribution in [2.75, 3.05) is 13.1 Å². The van der Waals surface area contributed by atoms with Crippen LogP contribution >= 0.6 is 15.9 Å². The van der Waals surface area contributed by atoms with Gasteiger partial charge in [0.15, 0.2) is 0 Å². The number of rotatable bonds is 2. The lowest BCUT2D eigenvalue weighted by Crippen LogP contribution is -2.61. The molecule has 0 atom stereocenters. The zero-order chi connectivity index (χ0) is 17.3. The lowest BCUT2D eigenvalue weighted by molar-refractivity contribution is -0.000547. The third-order valence-electron chi connectivity index (χ3n) is 3.50. The third kappa shape index (κ3) is 3.64. The molecule has 1 saturated heterocycles. The first kappa shape index (κ1) is 17.3. The minimum Gasteiger partial charge on any atom is -0.444 e. The maximum Gasteiger partial charge on any atom is 0.410 e. The van der Waals surface area contributed by atoms with Gasteiger partial charge in [0, 0.05) is 17.6 Å². The standard InChI is InChI=1S/C16H18BrN3O3/c1-15(2,3)23-14(21)20-9-16(8-18,10-20)12-5-4-11(7-19-22)6-13(12)17/h4-7,22H,9-10H2,1-3H3. The van der Waals surface area contributed by atoms with Crippen molar-refractivity contribution in [1.29, 1.82) is 5.26 Å². The van der Waals surface area contributed by atoms with Gasteiger partial charge >= 0.3 is 6.09 Å². The highest BCUT2D eigenvalue weighted by molar-refractivity contribution is 9.10. The molecule has 0 spiro atoms. The molecule has 0 unspecified atom stereocenters. The first-order valence-corrected chi connectivity index (χ1v) is 7.87. The summed E-state index contributed by atoms with van der Waals surface area (Å²) in [7, 11) is 0. The van der Waals surface area contributed by atoms with E-state index in [9.17, 15) is 10.1 Å². The molecular weight excluding hydrogens is 362 g/mol. The summed E-state index contributed by atoms with van der Waals surface area (Å²) in [5.41, 5.74) is 0.188. The average Bonchev–Trinajstić information content (AvgIpc) is 2.38. The van der Waals surface area contributed by atoms with E-state index in [1.54, 1.807) is 39.0 Å². The van der Waals surface area contributed by atoms with Crippen molar-refractivity contribution in [1.82, 2.24) is 4.90 Å². The lowest BCUT2D eigenvalue weighted by Gasteiger charge is -2.46. The Labute approximate surface area is 143 Å². The number of hydrogen-bond donors (Lipinski definition) is 1. The fourth-order valence-corrected chi connectivity index (χ4v) is 3.20. The number of nitrogens with zero attached hydrogens (tertiary/aromatic N) is 3. The summed E-state index contributed by atoms with van der Waals surface area (Å²) in [5, 5.41) is 21.2. The van der Waals surface area contributed by atoms with Gasteiger partial charge in [0.05, 0.1) is 12.3 Å². The molecule has 6 nitrogen and oxygen atoms in total. The van der Waals surface area contributed by atoms with Crippen LogP contribution in [0.15, 0.2) is 27.8 Å². The number of ether oxygens (including phenoxy) is 1. The van der Waals surface area contributed by atoms with Gasteiger partial charge in [-0.3, -0.25) is 0 Å². The van der Waals surface area contributed by atoms with Crippen LogP contribution in [0.1, 0.15) is 31.9 Å². The van der Waals surface area contributed by atoms with Crippen LogP contribution in [0.5, 0.6) is 0 Å². The van der Waals surface area contributed by atoms with Gasteiger partial charge in [0.1, 0.15) is 11.0 Å². The molecule has 1 aliphatic rings. The maximum absolute atomic E-state index is 12.0. The second-order valence-electron chi connectivity index (χ2n) is 6.51.